The topological polar surface area (TPSA) is 59.4 Å². The third kappa shape index (κ3) is 3.78. The first-order chi connectivity index (χ1) is 12.3. The number of aliphatic hydroxyl groups excluding tert-OH is 1. The van der Waals surface area contributed by atoms with Crippen molar-refractivity contribution in [3.63, 3.8) is 0 Å². The molecular formula is C21H26FNO3. The molecule has 1 N–H and O–H groups in total. The fourth-order valence-corrected chi connectivity index (χ4v) is 3.09. The zero-order chi connectivity index (χ0) is 19.4. The SMILES string of the molecule is CCOC(=O)c1c(C(C)C)nc(C(C)C)c(CO)c1-c1ccccc1F. The molecule has 0 aliphatic rings. The molecule has 0 saturated heterocycles. The Morgan fingerprint density at radius 2 is 1.77 bits per heavy atom. The molecule has 0 fully saturated rings. The fourth-order valence-electron chi connectivity index (χ4n) is 3.09. The number of hydrogen-bond donors (Lipinski definition) is 1. The van der Waals surface area contributed by atoms with Gasteiger partial charge in [0.1, 0.15) is 5.82 Å². The van der Waals surface area contributed by atoms with E-state index in [1.54, 1.807) is 25.1 Å². The minimum atomic E-state index is -0.549. The molecule has 1 aromatic carbocycles. The second-order valence-electron chi connectivity index (χ2n) is 6.78. The molecule has 0 atom stereocenters. The van der Waals surface area contributed by atoms with Gasteiger partial charge >= 0.3 is 5.97 Å². The second kappa shape index (κ2) is 8.41. The molecule has 1 heterocycles. The number of pyridine rings is 1. The number of benzene rings is 1. The highest BCUT2D eigenvalue weighted by Crippen LogP contribution is 2.37. The normalized spacial score (nSPS) is 11.3. The average Bonchev–Trinajstić information content (AvgIpc) is 2.60. The van der Waals surface area contributed by atoms with E-state index in [0.29, 0.717) is 22.5 Å². The summed E-state index contributed by atoms with van der Waals surface area (Å²) in [5.41, 5.74) is 2.58. The molecule has 2 rings (SSSR count). The fraction of sp³-hybridized carbons (Fsp3) is 0.429. The van der Waals surface area contributed by atoms with E-state index >= 15 is 0 Å². The number of carbonyl (C=O) groups is 1. The number of nitrogens with zero attached hydrogens (tertiary/aromatic N) is 1. The minimum absolute atomic E-state index is 0.0106. The Bertz CT molecular complexity index is 800. The van der Waals surface area contributed by atoms with Gasteiger partial charge in [0.2, 0.25) is 0 Å². The minimum Gasteiger partial charge on any atom is -0.462 e. The van der Waals surface area contributed by atoms with Crippen LogP contribution in [-0.4, -0.2) is 22.7 Å². The summed E-state index contributed by atoms with van der Waals surface area (Å²) in [5, 5.41) is 10.1. The highest BCUT2D eigenvalue weighted by atomic mass is 19.1. The molecule has 0 aliphatic heterocycles. The van der Waals surface area contributed by atoms with Crippen LogP contribution in [0.1, 0.15) is 73.8 Å². The molecule has 26 heavy (non-hydrogen) atoms. The van der Waals surface area contributed by atoms with Gasteiger partial charge in [-0.15, -0.1) is 0 Å². The maximum Gasteiger partial charge on any atom is 0.340 e. The van der Waals surface area contributed by atoms with Crippen LogP contribution >= 0.6 is 0 Å². The molecule has 0 bridgehead atoms. The number of rotatable bonds is 6. The third-order valence-electron chi connectivity index (χ3n) is 4.23. The molecule has 0 amide bonds. The first-order valence-electron chi connectivity index (χ1n) is 8.92. The van der Waals surface area contributed by atoms with E-state index in [1.807, 2.05) is 27.7 Å². The number of aliphatic hydroxyl groups is 1. The maximum atomic E-state index is 14.6. The summed E-state index contributed by atoms with van der Waals surface area (Å²) < 4.78 is 19.9. The lowest BCUT2D eigenvalue weighted by molar-refractivity contribution is 0.0524. The van der Waals surface area contributed by atoms with Crippen molar-refractivity contribution in [1.29, 1.82) is 0 Å². The van der Waals surface area contributed by atoms with Crippen LogP contribution in [0.15, 0.2) is 24.3 Å². The van der Waals surface area contributed by atoms with Crippen molar-refractivity contribution in [3.8, 4) is 11.1 Å². The molecular weight excluding hydrogens is 333 g/mol. The van der Waals surface area contributed by atoms with Crippen LogP contribution in [0.4, 0.5) is 4.39 Å². The van der Waals surface area contributed by atoms with Crippen molar-refractivity contribution in [1.82, 2.24) is 4.98 Å². The average molecular weight is 359 g/mol. The second-order valence-corrected chi connectivity index (χ2v) is 6.78. The molecule has 0 saturated carbocycles. The lowest BCUT2D eigenvalue weighted by Crippen LogP contribution is -2.18. The number of carbonyl (C=O) groups excluding carboxylic acids is 1. The molecule has 0 spiro atoms. The largest absolute Gasteiger partial charge is 0.462 e. The molecule has 0 unspecified atom stereocenters. The van der Waals surface area contributed by atoms with Gasteiger partial charge in [-0.2, -0.15) is 0 Å². The van der Waals surface area contributed by atoms with Crippen molar-refractivity contribution in [2.75, 3.05) is 6.61 Å². The summed E-state index contributed by atoms with van der Waals surface area (Å²) in [5.74, 6) is -1.06. The van der Waals surface area contributed by atoms with E-state index in [1.165, 1.54) is 6.07 Å². The molecule has 0 aliphatic carbocycles. The molecule has 4 nitrogen and oxygen atoms in total. The van der Waals surface area contributed by atoms with Gasteiger partial charge in [0.15, 0.2) is 0 Å². The molecule has 1 aromatic heterocycles. The van der Waals surface area contributed by atoms with E-state index in [4.69, 9.17) is 4.74 Å². The molecule has 5 heteroatoms. The van der Waals surface area contributed by atoms with Crippen LogP contribution in [0.5, 0.6) is 0 Å². The summed E-state index contributed by atoms with van der Waals surface area (Å²) in [4.78, 5) is 17.4. The Labute approximate surface area is 154 Å². The van der Waals surface area contributed by atoms with Gasteiger partial charge in [0.25, 0.3) is 0 Å². The Kier molecular flexibility index (Phi) is 6.48. The number of hydrogen-bond acceptors (Lipinski definition) is 4. The zero-order valence-electron chi connectivity index (χ0n) is 16.0. The molecule has 0 radical (unpaired) electrons. The number of halogens is 1. The zero-order valence-corrected chi connectivity index (χ0v) is 16.0. The lowest BCUT2D eigenvalue weighted by Gasteiger charge is -2.23. The first-order valence-corrected chi connectivity index (χ1v) is 8.92. The van der Waals surface area contributed by atoms with Crippen LogP contribution in [0.3, 0.4) is 0 Å². The van der Waals surface area contributed by atoms with E-state index in [0.717, 1.165) is 0 Å². The van der Waals surface area contributed by atoms with Crippen LogP contribution in [0.25, 0.3) is 11.1 Å². The predicted molar refractivity (Wildman–Crippen MR) is 99.7 cm³/mol. The number of aromatic nitrogens is 1. The van der Waals surface area contributed by atoms with Crippen molar-refractivity contribution in [2.45, 2.75) is 53.1 Å². The van der Waals surface area contributed by atoms with Gasteiger partial charge in [-0.3, -0.25) is 4.98 Å². The van der Waals surface area contributed by atoms with Gasteiger partial charge in [-0.05, 0) is 24.8 Å². The third-order valence-corrected chi connectivity index (χ3v) is 4.23. The standard InChI is InChI=1S/C21H26FNO3/c1-6-26-21(25)18-17(14-9-7-8-10-16(14)22)15(11-24)19(12(2)3)23-20(18)13(4)5/h7-10,12-13,24H,6,11H2,1-5H3. The van der Waals surface area contributed by atoms with Gasteiger partial charge in [-0.1, -0.05) is 45.9 Å². The van der Waals surface area contributed by atoms with Crippen molar-refractivity contribution in [3.05, 3.63) is 52.6 Å². The Hall–Kier alpha value is -2.27. The van der Waals surface area contributed by atoms with Crippen LogP contribution in [0.2, 0.25) is 0 Å². The van der Waals surface area contributed by atoms with E-state index in [2.05, 4.69) is 4.98 Å². The van der Waals surface area contributed by atoms with Crippen molar-refractivity contribution in [2.24, 2.45) is 0 Å². The summed E-state index contributed by atoms with van der Waals surface area (Å²) >= 11 is 0. The first kappa shape index (κ1) is 20.0. The lowest BCUT2D eigenvalue weighted by atomic mass is 9.87. The van der Waals surface area contributed by atoms with Crippen molar-refractivity contribution >= 4 is 5.97 Å². The van der Waals surface area contributed by atoms with Gasteiger partial charge in [-0.25, -0.2) is 9.18 Å². The number of esters is 1. The summed E-state index contributed by atoms with van der Waals surface area (Å²) in [6.45, 7) is 9.36. The van der Waals surface area contributed by atoms with Gasteiger partial charge in [0.05, 0.1) is 24.5 Å². The highest BCUT2D eigenvalue weighted by Gasteiger charge is 2.29. The van der Waals surface area contributed by atoms with E-state index < -0.39 is 11.8 Å². The Balaban J connectivity index is 3.00. The van der Waals surface area contributed by atoms with Gasteiger partial charge < -0.3 is 9.84 Å². The summed E-state index contributed by atoms with van der Waals surface area (Å²) in [6, 6.07) is 6.26. The molecule has 2 aromatic rings. The summed E-state index contributed by atoms with van der Waals surface area (Å²) in [6.07, 6.45) is 0. The summed E-state index contributed by atoms with van der Waals surface area (Å²) in [7, 11) is 0. The Morgan fingerprint density at radius 3 is 2.27 bits per heavy atom. The van der Waals surface area contributed by atoms with E-state index in [-0.39, 0.29) is 36.2 Å². The van der Waals surface area contributed by atoms with Crippen LogP contribution < -0.4 is 0 Å². The monoisotopic (exact) mass is 359 g/mol. The van der Waals surface area contributed by atoms with E-state index in [9.17, 15) is 14.3 Å². The van der Waals surface area contributed by atoms with Gasteiger partial charge in [0, 0.05) is 22.4 Å². The number of ether oxygens (including phenoxy) is 1. The van der Waals surface area contributed by atoms with Crippen molar-refractivity contribution < 1.29 is 19.0 Å². The smallest absolute Gasteiger partial charge is 0.340 e. The van der Waals surface area contributed by atoms with Crippen LogP contribution in [0, 0.1) is 5.82 Å². The van der Waals surface area contributed by atoms with Crippen LogP contribution in [-0.2, 0) is 11.3 Å². The molecule has 140 valence electrons. The maximum absolute atomic E-state index is 14.6. The highest BCUT2D eigenvalue weighted by molar-refractivity contribution is 6.00. The predicted octanol–water partition coefficient (Wildman–Crippen LogP) is 4.80. The quantitative estimate of drug-likeness (QED) is 0.753. The Morgan fingerprint density at radius 1 is 1.15 bits per heavy atom.